The minimum absolute atomic E-state index is 0.137. The molecular formula is C17H18O3. The van der Waals surface area contributed by atoms with Crippen LogP contribution >= 0.6 is 0 Å². The molecule has 104 valence electrons. The molecule has 0 saturated carbocycles. The van der Waals surface area contributed by atoms with E-state index in [-0.39, 0.29) is 6.10 Å². The van der Waals surface area contributed by atoms with Crippen LogP contribution in [0.1, 0.15) is 29.8 Å². The molecule has 20 heavy (non-hydrogen) atoms. The van der Waals surface area contributed by atoms with Gasteiger partial charge in [-0.1, -0.05) is 24.3 Å². The Morgan fingerprint density at radius 2 is 1.75 bits per heavy atom. The van der Waals surface area contributed by atoms with E-state index >= 15 is 0 Å². The highest BCUT2D eigenvalue weighted by Crippen LogP contribution is 2.27. The molecular weight excluding hydrogens is 252 g/mol. The van der Waals surface area contributed by atoms with Crippen molar-refractivity contribution in [2.75, 3.05) is 0 Å². The van der Waals surface area contributed by atoms with Crippen LogP contribution in [0.25, 0.3) is 11.1 Å². The molecule has 0 saturated heterocycles. The zero-order chi connectivity index (χ0) is 14.7. The summed E-state index contributed by atoms with van der Waals surface area (Å²) >= 11 is 0. The number of carbonyl (C=O) groups is 1. The van der Waals surface area contributed by atoms with E-state index in [0.717, 1.165) is 22.4 Å². The second kappa shape index (κ2) is 5.78. The van der Waals surface area contributed by atoms with Gasteiger partial charge in [0, 0.05) is 0 Å². The number of carboxylic acids is 1. The van der Waals surface area contributed by atoms with Gasteiger partial charge in [0.05, 0.1) is 11.7 Å². The minimum Gasteiger partial charge on any atom is -0.491 e. The maximum Gasteiger partial charge on any atom is 0.335 e. The number of hydrogen-bond donors (Lipinski definition) is 1. The highest BCUT2D eigenvalue weighted by molar-refractivity contribution is 5.92. The third kappa shape index (κ3) is 2.99. The zero-order valence-electron chi connectivity index (χ0n) is 11.9. The summed E-state index contributed by atoms with van der Waals surface area (Å²) < 4.78 is 5.60. The van der Waals surface area contributed by atoms with Gasteiger partial charge in [-0.15, -0.1) is 0 Å². The van der Waals surface area contributed by atoms with Crippen molar-refractivity contribution < 1.29 is 14.6 Å². The molecule has 2 aromatic rings. The molecule has 1 N–H and O–H groups in total. The first kappa shape index (κ1) is 14.1. The van der Waals surface area contributed by atoms with Gasteiger partial charge in [-0.3, -0.25) is 0 Å². The Bertz CT molecular complexity index is 613. The van der Waals surface area contributed by atoms with E-state index < -0.39 is 5.97 Å². The average molecular weight is 270 g/mol. The van der Waals surface area contributed by atoms with E-state index in [4.69, 9.17) is 9.84 Å². The average Bonchev–Trinajstić information content (AvgIpc) is 2.39. The summed E-state index contributed by atoms with van der Waals surface area (Å²) in [5.74, 6) is -0.0834. The van der Waals surface area contributed by atoms with E-state index in [1.807, 2.05) is 51.1 Å². The fourth-order valence-corrected chi connectivity index (χ4v) is 2.17. The Hall–Kier alpha value is -2.29. The highest BCUT2D eigenvalue weighted by atomic mass is 16.5. The van der Waals surface area contributed by atoms with Crippen LogP contribution in [0.5, 0.6) is 5.75 Å². The van der Waals surface area contributed by atoms with Crippen molar-refractivity contribution in [1.82, 2.24) is 0 Å². The molecule has 3 heteroatoms. The number of carboxylic acid groups (broad SMARTS) is 1. The third-order valence-electron chi connectivity index (χ3n) is 3.10. The van der Waals surface area contributed by atoms with Gasteiger partial charge in [0.15, 0.2) is 0 Å². The van der Waals surface area contributed by atoms with Crippen molar-refractivity contribution in [3.05, 3.63) is 53.6 Å². The summed E-state index contributed by atoms with van der Waals surface area (Å²) in [6.07, 6.45) is 0.137. The molecule has 0 aliphatic rings. The number of benzene rings is 2. The number of aromatic carboxylic acids is 1. The molecule has 0 heterocycles. The minimum atomic E-state index is -0.899. The van der Waals surface area contributed by atoms with Crippen LogP contribution in [0, 0.1) is 6.92 Å². The van der Waals surface area contributed by atoms with Crippen molar-refractivity contribution >= 4 is 5.97 Å². The molecule has 0 aromatic heterocycles. The molecule has 0 aliphatic carbocycles. The summed E-state index contributed by atoms with van der Waals surface area (Å²) in [6.45, 7) is 5.79. The summed E-state index contributed by atoms with van der Waals surface area (Å²) in [5.41, 5.74) is 3.03. The lowest BCUT2D eigenvalue weighted by Gasteiger charge is -2.12. The van der Waals surface area contributed by atoms with Gasteiger partial charge < -0.3 is 9.84 Å². The first-order chi connectivity index (χ1) is 9.49. The van der Waals surface area contributed by atoms with E-state index in [1.54, 1.807) is 12.1 Å². The first-order valence-electron chi connectivity index (χ1n) is 6.59. The van der Waals surface area contributed by atoms with Gasteiger partial charge in [0.25, 0.3) is 0 Å². The van der Waals surface area contributed by atoms with Gasteiger partial charge in [0.1, 0.15) is 5.75 Å². The molecule has 0 amide bonds. The van der Waals surface area contributed by atoms with E-state index in [9.17, 15) is 4.79 Å². The lowest BCUT2D eigenvalue weighted by molar-refractivity contribution is 0.0696. The Balaban J connectivity index is 2.37. The van der Waals surface area contributed by atoms with Crippen LogP contribution < -0.4 is 4.74 Å². The van der Waals surface area contributed by atoms with Gasteiger partial charge in [-0.25, -0.2) is 4.79 Å². The molecule has 0 radical (unpaired) electrons. The first-order valence-corrected chi connectivity index (χ1v) is 6.59. The molecule has 0 aliphatic heterocycles. The van der Waals surface area contributed by atoms with E-state index in [2.05, 4.69) is 0 Å². The maximum absolute atomic E-state index is 11.2. The van der Waals surface area contributed by atoms with Gasteiger partial charge in [-0.2, -0.15) is 0 Å². The summed E-state index contributed by atoms with van der Waals surface area (Å²) in [7, 11) is 0. The molecule has 3 nitrogen and oxygen atoms in total. The van der Waals surface area contributed by atoms with Crippen LogP contribution in [0.3, 0.4) is 0 Å². The molecule has 0 unspecified atom stereocenters. The van der Waals surface area contributed by atoms with Gasteiger partial charge in [-0.05, 0) is 55.7 Å². The zero-order valence-corrected chi connectivity index (χ0v) is 11.9. The van der Waals surface area contributed by atoms with Gasteiger partial charge in [0.2, 0.25) is 0 Å². The van der Waals surface area contributed by atoms with Crippen LogP contribution in [0.2, 0.25) is 0 Å². The molecule has 0 bridgehead atoms. The van der Waals surface area contributed by atoms with Crippen molar-refractivity contribution in [3.8, 4) is 16.9 Å². The predicted molar refractivity (Wildman–Crippen MR) is 79.3 cm³/mol. The summed E-state index contributed by atoms with van der Waals surface area (Å²) in [5, 5.41) is 9.16. The van der Waals surface area contributed by atoms with Crippen molar-refractivity contribution in [2.45, 2.75) is 26.9 Å². The summed E-state index contributed by atoms with van der Waals surface area (Å²) in [4.78, 5) is 11.2. The quantitative estimate of drug-likeness (QED) is 0.907. The standard InChI is InChI=1S/C17H18O3/c1-11(2)20-14-9-7-13(8-10-14)15-5-4-6-16(12(15)3)17(18)19/h4-11H,1-3H3,(H,18,19). The lowest BCUT2D eigenvalue weighted by atomic mass is 9.96. The Kier molecular flexibility index (Phi) is 4.08. The largest absolute Gasteiger partial charge is 0.491 e. The predicted octanol–water partition coefficient (Wildman–Crippen LogP) is 4.15. The summed E-state index contributed by atoms with van der Waals surface area (Å²) in [6, 6.07) is 13.0. The van der Waals surface area contributed by atoms with E-state index in [1.165, 1.54) is 0 Å². The van der Waals surface area contributed by atoms with Crippen molar-refractivity contribution in [3.63, 3.8) is 0 Å². The molecule has 0 fully saturated rings. The Labute approximate surface area is 118 Å². The monoisotopic (exact) mass is 270 g/mol. The number of hydrogen-bond acceptors (Lipinski definition) is 2. The van der Waals surface area contributed by atoms with Crippen LogP contribution in [-0.4, -0.2) is 17.2 Å². The normalized spacial score (nSPS) is 10.6. The number of ether oxygens (including phenoxy) is 1. The second-order valence-corrected chi connectivity index (χ2v) is 4.97. The molecule has 2 rings (SSSR count). The topological polar surface area (TPSA) is 46.5 Å². The van der Waals surface area contributed by atoms with Crippen molar-refractivity contribution in [1.29, 1.82) is 0 Å². The van der Waals surface area contributed by atoms with Crippen LogP contribution in [0.4, 0.5) is 0 Å². The molecule has 2 aromatic carbocycles. The van der Waals surface area contributed by atoms with Crippen LogP contribution in [0.15, 0.2) is 42.5 Å². The van der Waals surface area contributed by atoms with Crippen molar-refractivity contribution in [2.24, 2.45) is 0 Å². The molecule has 0 atom stereocenters. The SMILES string of the molecule is Cc1c(C(=O)O)cccc1-c1ccc(OC(C)C)cc1. The fourth-order valence-electron chi connectivity index (χ4n) is 2.17. The number of rotatable bonds is 4. The molecule has 0 spiro atoms. The third-order valence-corrected chi connectivity index (χ3v) is 3.10. The second-order valence-electron chi connectivity index (χ2n) is 4.97. The van der Waals surface area contributed by atoms with Gasteiger partial charge >= 0.3 is 5.97 Å². The lowest BCUT2D eigenvalue weighted by Crippen LogP contribution is -2.05. The maximum atomic E-state index is 11.2. The highest BCUT2D eigenvalue weighted by Gasteiger charge is 2.11. The Morgan fingerprint density at radius 1 is 1.10 bits per heavy atom. The smallest absolute Gasteiger partial charge is 0.335 e. The fraction of sp³-hybridized carbons (Fsp3) is 0.235. The van der Waals surface area contributed by atoms with Crippen LogP contribution in [-0.2, 0) is 0 Å². The Morgan fingerprint density at radius 3 is 2.30 bits per heavy atom. The van der Waals surface area contributed by atoms with E-state index in [0.29, 0.717) is 5.56 Å².